The highest BCUT2D eigenvalue weighted by molar-refractivity contribution is 7.92. The zero-order valence-corrected chi connectivity index (χ0v) is 22.3. The van der Waals surface area contributed by atoms with Crippen molar-refractivity contribution in [2.45, 2.75) is 57.5 Å². The minimum Gasteiger partial charge on any atom is -0.489 e. The maximum atomic E-state index is 13.6. The number of ether oxygens (including phenoxy) is 2. The van der Waals surface area contributed by atoms with Gasteiger partial charge in [0.2, 0.25) is 10.0 Å². The lowest BCUT2D eigenvalue weighted by Crippen LogP contribution is -2.35. The zero-order valence-electron chi connectivity index (χ0n) is 21.5. The summed E-state index contributed by atoms with van der Waals surface area (Å²) in [5, 5.41) is 12.2. The summed E-state index contributed by atoms with van der Waals surface area (Å²) in [5.74, 6) is 0.811. The number of carbonyl (C=O) groups excluding carboxylic acids is 1. The highest BCUT2D eigenvalue weighted by Gasteiger charge is 2.44. The number of rotatable bonds is 9. The minimum atomic E-state index is -3.69. The number of piperidine rings is 1. The van der Waals surface area contributed by atoms with E-state index in [2.05, 4.69) is 14.9 Å². The fourth-order valence-electron chi connectivity index (χ4n) is 5.60. The highest BCUT2D eigenvalue weighted by atomic mass is 32.2. The lowest BCUT2D eigenvalue weighted by atomic mass is 9.93. The van der Waals surface area contributed by atoms with E-state index in [4.69, 9.17) is 14.6 Å². The first kappa shape index (κ1) is 25.3. The lowest BCUT2D eigenvalue weighted by Gasteiger charge is -2.35. The Bertz CT molecular complexity index is 1330. The summed E-state index contributed by atoms with van der Waals surface area (Å²) in [5.41, 5.74) is 3.71. The van der Waals surface area contributed by atoms with Crippen molar-refractivity contribution in [1.82, 2.24) is 0 Å². The van der Waals surface area contributed by atoms with E-state index in [9.17, 15) is 13.2 Å². The van der Waals surface area contributed by atoms with Gasteiger partial charge in [-0.1, -0.05) is 0 Å². The summed E-state index contributed by atoms with van der Waals surface area (Å²) in [7, 11) is -3.69. The molecule has 2 aromatic carbocycles. The Kier molecular flexibility index (Phi) is 6.63. The Hall–Kier alpha value is -2.98. The third-order valence-corrected chi connectivity index (χ3v) is 9.62. The molecule has 9 nitrogen and oxygen atoms in total. The first-order valence-corrected chi connectivity index (χ1v) is 15.3. The smallest absolute Gasteiger partial charge is 0.257 e. The van der Waals surface area contributed by atoms with E-state index >= 15 is 0 Å². The van der Waals surface area contributed by atoms with Gasteiger partial charge in [-0.05, 0) is 74.6 Å². The lowest BCUT2D eigenvalue weighted by molar-refractivity contribution is 0.102. The van der Waals surface area contributed by atoms with E-state index in [1.807, 2.05) is 12.1 Å². The maximum Gasteiger partial charge on any atom is 0.257 e. The van der Waals surface area contributed by atoms with Gasteiger partial charge in [0.05, 0.1) is 42.0 Å². The first-order valence-electron chi connectivity index (χ1n) is 13.6. The van der Waals surface area contributed by atoms with Crippen molar-refractivity contribution in [2.24, 2.45) is 5.41 Å². The summed E-state index contributed by atoms with van der Waals surface area (Å²) >= 11 is 0. The van der Waals surface area contributed by atoms with Crippen LogP contribution in [0.25, 0.3) is 0 Å². The van der Waals surface area contributed by atoms with Crippen LogP contribution < -0.4 is 24.4 Å². The van der Waals surface area contributed by atoms with Gasteiger partial charge in [0, 0.05) is 36.8 Å². The van der Waals surface area contributed by atoms with Crippen molar-refractivity contribution in [1.29, 1.82) is 0 Å². The minimum absolute atomic E-state index is 0.192. The van der Waals surface area contributed by atoms with Gasteiger partial charge in [-0.2, -0.15) is 0 Å². The molecule has 4 aliphatic rings. The van der Waals surface area contributed by atoms with Gasteiger partial charge in [0.25, 0.3) is 5.91 Å². The summed E-state index contributed by atoms with van der Waals surface area (Å²) in [6.45, 7) is 1.78. The number of benzene rings is 2. The quantitative estimate of drug-likeness (QED) is 0.441. The maximum absolute atomic E-state index is 13.6. The number of aliphatic hydroxyl groups excluding tert-OH is 1. The third kappa shape index (κ3) is 5.29. The van der Waals surface area contributed by atoms with Gasteiger partial charge in [0.15, 0.2) is 11.5 Å². The summed E-state index contributed by atoms with van der Waals surface area (Å²) in [6, 6.07) is 8.79. The number of hydrogen-bond donors (Lipinski definition) is 3. The Morgan fingerprint density at radius 3 is 2.58 bits per heavy atom. The predicted molar refractivity (Wildman–Crippen MR) is 146 cm³/mol. The number of aliphatic hydroxyl groups is 1. The average Bonchev–Trinajstić information content (AvgIpc) is 3.43. The van der Waals surface area contributed by atoms with Gasteiger partial charge in [-0.15, -0.1) is 0 Å². The molecule has 1 saturated heterocycles. The highest BCUT2D eigenvalue weighted by Crippen LogP contribution is 2.54. The molecule has 2 aromatic rings. The van der Waals surface area contributed by atoms with Crippen LogP contribution >= 0.6 is 0 Å². The van der Waals surface area contributed by atoms with E-state index in [1.54, 1.807) is 18.2 Å². The van der Waals surface area contributed by atoms with Crippen LogP contribution in [0.5, 0.6) is 11.5 Å². The van der Waals surface area contributed by atoms with Crippen LogP contribution in [0.4, 0.5) is 17.1 Å². The van der Waals surface area contributed by atoms with Crippen LogP contribution in [0.3, 0.4) is 0 Å². The van der Waals surface area contributed by atoms with E-state index in [0.717, 1.165) is 62.9 Å². The van der Waals surface area contributed by atoms with Crippen LogP contribution in [0.1, 0.15) is 60.9 Å². The molecule has 6 rings (SSSR count). The standard InChI is InChI=1S/C28H35N3O6S/c32-13-15-38(34,35)30-20-4-5-23(24(17-20)31-11-9-28(7-8-28)10-12-31)27(33)29-21-16-19-6-14-36-26(19)25(18-21)37-22-2-1-3-22/h4-5,16-18,22,30,32H,1-3,6-15H2,(H,29,33). The molecule has 0 aromatic heterocycles. The number of nitrogens with one attached hydrogen (secondary N) is 2. The summed E-state index contributed by atoms with van der Waals surface area (Å²) in [4.78, 5) is 15.8. The van der Waals surface area contributed by atoms with Gasteiger partial charge in [0.1, 0.15) is 0 Å². The Morgan fingerprint density at radius 2 is 1.89 bits per heavy atom. The average molecular weight is 542 g/mol. The molecule has 10 heteroatoms. The summed E-state index contributed by atoms with van der Waals surface area (Å²) < 4.78 is 39.1. The molecule has 0 radical (unpaired) electrons. The van der Waals surface area contributed by atoms with Crippen LogP contribution in [-0.4, -0.2) is 57.6 Å². The van der Waals surface area contributed by atoms with Crippen LogP contribution in [0, 0.1) is 5.41 Å². The Morgan fingerprint density at radius 1 is 1.11 bits per heavy atom. The monoisotopic (exact) mass is 541 g/mol. The molecule has 2 heterocycles. The van der Waals surface area contributed by atoms with E-state index in [-0.39, 0.29) is 17.8 Å². The molecule has 1 amide bonds. The number of carbonyl (C=O) groups is 1. The fraction of sp³-hybridized carbons (Fsp3) is 0.536. The van der Waals surface area contributed by atoms with Crippen molar-refractivity contribution in [3.63, 3.8) is 0 Å². The van der Waals surface area contributed by atoms with Gasteiger partial charge in [-0.25, -0.2) is 8.42 Å². The second-order valence-electron chi connectivity index (χ2n) is 11.0. The number of sulfonamides is 1. The normalized spacial score (nSPS) is 19.9. The number of fused-ring (bicyclic) bond motifs is 1. The largest absolute Gasteiger partial charge is 0.489 e. The van der Waals surface area contributed by atoms with Crippen LogP contribution in [0.2, 0.25) is 0 Å². The summed E-state index contributed by atoms with van der Waals surface area (Å²) in [6.07, 6.45) is 8.85. The zero-order chi connectivity index (χ0) is 26.3. The molecule has 2 aliphatic heterocycles. The number of nitrogens with zero attached hydrogens (tertiary/aromatic N) is 1. The third-order valence-electron chi connectivity index (χ3n) is 8.35. The second-order valence-corrected chi connectivity index (χ2v) is 12.9. The van der Waals surface area contributed by atoms with Crippen LogP contribution in [0.15, 0.2) is 30.3 Å². The molecular formula is C28H35N3O6S. The number of amides is 1. The van der Waals surface area contributed by atoms with Crippen molar-refractivity contribution in [2.75, 3.05) is 47.0 Å². The predicted octanol–water partition coefficient (Wildman–Crippen LogP) is 3.92. The molecule has 3 N–H and O–H groups in total. The van der Waals surface area contributed by atoms with E-state index < -0.39 is 16.6 Å². The molecular weight excluding hydrogens is 506 g/mol. The van der Waals surface area contributed by atoms with Crippen molar-refractivity contribution < 1.29 is 27.8 Å². The molecule has 1 spiro atoms. The molecule has 0 unspecified atom stereocenters. The van der Waals surface area contributed by atoms with Gasteiger partial charge < -0.3 is 24.8 Å². The SMILES string of the molecule is O=C(Nc1cc2c(c(OC3CCC3)c1)OCC2)c1ccc(NS(=O)(=O)CCO)cc1N1CCC2(CC1)CC2. The fourth-order valence-corrected chi connectivity index (χ4v) is 6.43. The van der Waals surface area contributed by atoms with Gasteiger partial charge in [-0.3, -0.25) is 9.52 Å². The van der Waals surface area contributed by atoms with Crippen molar-refractivity contribution in [3.05, 3.63) is 41.5 Å². The molecule has 2 saturated carbocycles. The van der Waals surface area contributed by atoms with E-state index in [1.165, 1.54) is 12.8 Å². The molecule has 0 atom stereocenters. The second kappa shape index (κ2) is 9.96. The van der Waals surface area contributed by atoms with Crippen LogP contribution in [-0.2, 0) is 16.4 Å². The Labute approximate surface area is 223 Å². The molecule has 2 aliphatic carbocycles. The van der Waals surface area contributed by atoms with Crippen molar-refractivity contribution in [3.8, 4) is 11.5 Å². The molecule has 3 fully saturated rings. The molecule has 0 bridgehead atoms. The van der Waals surface area contributed by atoms with Crippen molar-refractivity contribution >= 4 is 33.0 Å². The van der Waals surface area contributed by atoms with Gasteiger partial charge >= 0.3 is 0 Å². The molecule has 38 heavy (non-hydrogen) atoms. The topological polar surface area (TPSA) is 117 Å². The number of anilines is 3. The first-order chi connectivity index (χ1) is 18.3. The van der Waals surface area contributed by atoms with E-state index in [0.29, 0.717) is 40.4 Å². The Balaban J connectivity index is 1.27. The number of hydrogen-bond acceptors (Lipinski definition) is 7. The molecule has 204 valence electrons.